The molecule has 4 aliphatic rings. The Kier molecular flexibility index (Phi) is 10.0. The fourth-order valence-electron chi connectivity index (χ4n) is 5.98. The first kappa shape index (κ1) is 28.5. The zero-order valence-electron chi connectivity index (χ0n) is 23.4. The molecule has 4 aliphatic heterocycles. The van der Waals surface area contributed by atoms with Crippen LogP contribution in [0.3, 0.4) is 0 Å². The van der Waals surface area contributed by atoms with E-state index < -0.39 is 0 Å². The van der Waals surface area contributed by atoms with E-state index in [0.717, 1.165) is 50.0 Å². The Morgan fingerprint density at radius 2 is 1.62 bits per heavy atom. The summed E-state index contributed by atoms with van der Waals surface area (Å²) in [6.45, 7) is 6.53. The number of hydrogen-bond acceptors (Lipinski definition) is 7. The smallest absolute Gasteiger partial charge is 0.410 e. The van der Waals surface area contributed by atoms with E-state index in [4.69, 9.17) is 18.9 Å². The lowest BCUT2D eigenvalue weighted by Crippen LogP contribution is -2.53. The molecule has 9 nitrogen and oxygen atoms in total. The van der Waals surface area contributed by atoms with E-state index in [1.807, 2.05) is 41.3 Å². The SMILES string of the molecule is COCCOCCOCCNC(=O)c1ccc([C@H]2c3ccccc3CCN2C(=O)O[C@@H]2CN3CCC2CC3)cc1. The van der Waals surface area contributed by atoms with Gasteiger partial charge in [0.2, 0.25) is 0 Å². The van der Waals surface area contributed by atoms with Crippen molar-refractivity contribution in [3.05, 3.63) is 70.8 Å². The van der Waals surface area contributed by atoms with Gasteiger partial charge in [-0.15, -0.1) is 0 Å². The van der Waals surface area contributed by atoms with E-state index in [1.54, 1.807) is 7.11 Å². The fourth-order valence-corrected chi connectivity index (χ4v) is 5.98. The summed E-state index contributed by atoms with van der Waals surface area (Å²) in [6, 6.07) is 15.6. The lowest BCUT2D eigenvalue weighted by Gasteiger charge is -2.45. The third-order valence-corrected chi connectivity index (χ3v) is 8.19. The Morgan fingerprint density at radius 3 is 2.35 bits per heavy atom. The first-order valence-electron chi connectivity index (χ1n) is 14.4. The van der Waals surface area contributed by atoms with Crippen LogP contribution in [0.2, 0.25) is 0 Å². The van der Waals surface area contributed by atoms with Gasteiger partial charge in [-0.25, -0.2) is 4.79 Å². The van der Waals surface area contributed by atoms with Gasteiger partial charge in [-0.05, 0) is 67.1 Å². The number of benzene rings is 2. The van der Waals surface area contributed by atoms with Gasteiger partial charge in [0.1, 0.15) is 6.10 Å². The van der Waals surface area contributed by atoms with Gasteiger partial charge in [0.05, 0.1) is 39.1 Å². The van der Waals surface area contributed by atoms with E-state index >= 15 is 0 Å². The summed E-state index contributed by atoms with van der Waals surface area (Å²) in [5.41, 5.74) is 3.88. The Labute approximate surface area is 236 Å². The molecular weight excluding hydrogens is 510 g/mol. The van der Waals surface area contributed by atoms with Crippen LogP contribution in [-0.2, 0) is 25.4 Å². The molecule has 0 saturated carbocycles. The van der Waals surface area contributed by atoms with Crippen molar-refractivity contribution in [3.8, 4) is 0 Å². The highest BCUT2D eigenvalue weighted by Gasteiger charge is 2.39. The summed E-state index contributed by atoms with van der Waals surface area (Å²) in [5.74, 6) is 0.302. The second kappa shape index (κ2) is 14.1. The highest BCUT2D eigenvalue weighted by atomic mass is 16.6. The summed E-state index contributed by atoms with van der Waals surface area (Å²) in [7, 11) is 1.63. The van der Waals surface area contributed by atoms with E-state index in [1.165, 1.54) is 5.56 Å². The molecule has 0 aromatic heterocycles. The van der Waals surface area contributed by atoms with E-state index in [2.05, 4.69) is 22.3 Å². The number of nitrogens with zero attached hydrogens (tertiary/aromatic N) is 2. The zero-order chi connectivity index (χ0) is 27.7. The summed E-state index contributed by atoms with van der Waals surface area (Å²) in [4.78, 5) is 30.5. The molecule has 2 aromatic carbocycles. The molecule has 3 saturated heterocycles. The zero-order valence-corrected chi connectivity index (χ0v) is 23.4. The third-order valence-electron chi connectivity index (χ3n) is 8.19. The van der Waals surface area contributed by atoms with E-state index in [0.29, 0.717) is 57.6 Å². The molecule has 1 N–H and O–H groups in total. The van der Waals surface area contributed by atoms with Gasteiger partial charge in [0.25, 0.3) is 5.91 Å². The van der Waals surface area contributed by atoms with Crippen molar-refractivity contribution in [2.45, 2.75) is 31.4 Å². The molecule has 9 heteroatoms. The first-order valence-corrected chi connectivity index (χ1v) is 14.4. The Balaban J connectivity index is 1.19. The van der Waals surface area contributed by atoms with Crippen LogP contribution in [0.15, 0.2) is 48.5 Å². The number of carbonyl (C=O) groups is 2. The van der Waals surface area contributed by atoms with Gasteiger partial charge >= 0.3 is 6.09 Å². The number of rotatable bonds is 12. The van der Waals surface area contributed by atoms with Crippen molar-refractivity contribution in [1.82, 2.24) is 15.1 Å². The lowest BCUT2D eigenvalue weighted by atomic mass is 9.86. The van der Waals surface area contributed by atoms with Crippen LogP contribution < -0.4 is 5.32 Å². The molecule has 216 valence electrons. The summed E-state index contributed by atoms with van der Waals surface area (Å²) >= 11 is 0. The van der Waals surface area contributed by atoms with Gasteiger partial charge in [0.15, 0.2) is 0 Å². The predicted octanol–water partition coefficient (Wildman–Crippen LogP) is 3.27. The average Bonchev–Trinajstić information content (AvgIpc) is 3.00. The van der Waals surface area contributed by atoms with Crippen LogP contribution in [0.5, 0.6) is 0 Å². The molecule has 6 rings (SSSR count). The van der Waals surface area contributed by atoms with Gasteiger partial charge in [0, 0.05) is 32.3 Å². The number of hydrogen-bond donors (Lipinski definition) is 1. The van der Waals surface area contributed by atoms with Gasteiger partial charge in [-0.3, -0.25) is 14.6 Å². The normalized spacial score (nSPS) is 23.5. The topological polar surface area (TPSA) is 89.6 Å². The monoisotopic (exact) mass is 551 g/mol. The van der Waals surface area contributed by atoms with Crippen LogP contribution in [0.1, 0.15) is 45.9 Å². The summed E-state index contributed by atoms with van der Waals surface area (Å²) < 4.78 is 21.9. The maximum absolute atomic E-state index is 13.6. The van der Waals surface area contributed by atoms with Gasteiger partial charge < -0.3 is 24.3 Å². The van der Waals surface area contributed by atoms with E-state index in [-0.39, 0.29) is 24.1 Å². The third kappa shape index (κ3) is 7.01. The van der Waals surface area contributed by atoms with Crippen molar-refractivity contribution in [2.24, 2.45) is 5.92 Å². The fraction of sp³-hybridized carbons (Fsp3) is 0.548. The Hall–Kier alpha value is -2.98. The van der Waals surface area contributed by atoms with Crippen molar-refractivity contribution < 1.29 is 28.5 Å². The minimum atomic E-state index is -0.254. The van der Waals surface area contributed by atoms with Gasteiger partial charge in [-0.2, -0.15) is 0 Å². The lowest BCUT2D eigenvalue weighted by molar-refractivity contribution is -0.0462. The van der Waals surface area contributed by atoms with E-state index in [9.17, 15) is 9.59 Å². The molecule has 4 heterocycles. The molecule has 2 aromatic rings. The minimum absolute atomic E-state index is 0.0361. The van der Waals surface area contributed by atoms with Crippen LogP contribution in [0.4, 0.5) is 4.79 Å². The van der Waals surface area contributed by atoms with Gasteiger partial charge in [-0.1, -0.05) is 36.4 Å². The Bertz CT molecular complexity index is 1120. The molecule has 2 amide bonds. The quantitative estimate of drug-likeness (QED) is 0.405. The van der Waals surface area contributed by atoms with Crippen LogP contribution in [0.25, 0.3) is 0 Å². The molecular formula is C31H41N3O6. The molecule has 40 heavy (non-hydrogen) atoms. The number of piperidine rings is 3. The number of methoxy groups -OCH3 is 1. The number of fused-ring (bicyclic) bond motifs is 4. The predicted molar refractivity (Wildman–Crippen MR) is 150 cm³/mol. The second-order valence-electron chi connectivity index (χ2n) is 10.7. The van der Waals surface area contributed by atoms with Crippen LogP contribution in [0, 0.1) is 5.92 Å². The maximum Gasteiger partial charge on any atom is 0.410 e. The number of nitrogens with one attached hydrogen (secondary N) is 1. The molecule has 0 spiro atoms. The Morgan fingerprint density at radius 1 is 0.900 bits per heavy atom. The van der Waals surface area contributed by atoms with Crippen molar-refractivity contribution in [1.29, 1.82) is 0 Å². The average molecular weight is 552 g/mol. The highest BCUT2D eigenvalue weighted by molar-refractivity contribution is 5.94. The standard InChI is InChI=1S/C31H41N3O6/c1-37-18-19-39-21-20-38-17-13-32-30(35)26-8-6-25(7-9-26)29-27-5-3-2-4-23(27)12-16-34(29)31(36)40-28-22-33-14-10-24(28)11-15-33/h2-9,24,28-29H,10-22H2,1H3,(H,32,35)/t28-,29+/m1/s1. The number of amides is 2. The number of carbonyl (C=O) groups excluding carboxylic acids is 2. The molecule has 2 bridgehead atoms. The van der Waals surface area contributed by atoms with Crippen LogP contribution >= 0.6 is 0 Å². The largest absolute Gasteiger partial charge is 0.444 e. The minimum Gasteiger partial charge on any atom is -0.444 e. The second-order valence-corrected chi connectivity index (χ2v) is 10.7. The molecule has 0 unspecified atom stereocenters. The molecule has 0 aliphatic carbocycles. The molecule has 0 radical (unpaired) electrons. The molecule has 2 atom stereocenters. The first-order chi connectivity index (χ1) is 19.6. The highest BCUT2D eigenvalue weighted by Crippen LogP contribution is 2.37. The maximum atomic E-state index is 13.6. The number of ether oxygens (including phenoxy) is 4. The van der Waals surface area contributed by atoms with Crippen molar-refractivity contribution in [2.75, 3.05) is 72.9 Å². The van der Waals surface area contributed by atoms with Crippen LogP contribution in [-0.4, -0.2) is 101 Å². The molecule has 3 fully saturated rings. The van der Waals surface area contributed by atoms with Crippen molar-refractivity contribution >= 4 is 12.0 Å². The van der Waals surface area contributed by atoms with Crippen molar-refractivity contribution in [3.63, 3.8) is 0 Å². The summed E-state index contributed by atoms with van der Waals surface area (Å²) in [5, 5.41) is 2.90. The summed E-state index contributed by atoms with van der Waals surface area (Å²) in [6.07, 6.45) is 2.71.